The molecule has 0 heterocycles. The summed E-state index contributed by atoms with van der Waals surface area (Å²) in [7, 11) is 2.61. The molecule has 0 unspecified atom stereocenters. The second-order valence-corrected chi connectivity index (χ2v) is 5.82. The molecule has 3 rings (SSSR count). The zero-order valence-corrected chi connectivity index (χ0v) is 13.7. The molecular weight excluding hydrogens is 297 g/mol. The van der Waals surface area contributed by atoms with E-state index in [0.29, 0.717) is 5.46 Å². The van der Waals surface area contributed by atoms with Crippen LogP contribution in [-0.4, -0.2) is 31.3 Å². The number of nitrogens with zero attached hydrogens (tertiary/aromatic N) is 1. The van der Waals surface area contributed by atoms with Crippen molar-refractivity contribution < 1.29 is 10.0 Å². The van der Waals surface area contributed by atoms with Crippen LogP contribution in [-0.2, 0) is 0 Å². The van der Waals surface area contributed by atoms with Crippen LogP contribution in [0, 0.1) is 11.8 Å². The number of hydrogen-bond acceptors (Lipinski definition) is 3. The molecule has 0 amide bonds. The minimum atomic E-state index is -1.45. The second-order valence-electron chi connectivity index (χ2n) is 5.82. The van der Waals surface area contributed by atoms with E-state index in [9.17, 15) is 0 Å². The highest BCUT2D eigenvalue weighted by atomic mass is 16.4. The van der Waals surface area contributed by atoms with Crippen LogP contribution in [0.25, 0.3) is 10.8 Å². The second kappa shape index (κ2) is 6.80. The number of benzene rings is 3. The van der Waals surface area contributed by atoms with E-state index in [4.69, 9.17) is 10.0 Å². The van der Waals surface area contributed by atoms with Crippen LogP contribution >= 0.6 is 0 Å². The smallest absolute Gasteiger partial charge is 0.423 e. The maximum absolute atomic E-state index is 9.13. The van der Waals surface area contributed by atoms with Crippen molar-refractivity contribution in [2.75, 3.05) is 19.0 Å². The summed E-state index contributed by atoms with van der Waals surface area (Å²) in [6.07, 6.45) is 0. The maximum atomic E-state index is 9.13. The predicted molar refractivity (Wildman–Crippen MR) is 101 cm³/mol. The number of anilines is 1. The molecule has 0 saturated carbocycles. The van der Waals surface area contributed by atoms with Crippen LogP contribution in [0.3, 0.4) is 0 Å². The van der Waals surface area contributed by atoms with Gasteiger partial charge in [0.25, 0.3) is 0 Å². The third kappa shape index (κ3) is 3.28. The lowest BCUT2D eigenvalue weighted by Crippen LogP contribution is -2.29. The van der Waals surface area contributed by atoms with Crippen molar-refractivity contribution in [1.29, 1.82) is 0 Å². The fourth-order valence-electron chi connectivity index (χ4n) is 2.66. The summed E-state index contributed by atoms with van der Waals surface area (Å²) in [5.41, 5.74) is 3.43. The number of hydrogen-bond donors (Lipinski definition) is 2. The molecule has 3 nitrogen and oxygen atoms in total. The van der Waals surface area contributed by atoms with E-state index >= 15 is 0 Å². The van der Waals surface area contributed by atoms with Gasteiger partial charge in [-0.15, -0.1) is 0 Å². The molecule has 0 fully saturated rings. The summed E-state index contributed by atoms with van der Waals surface area (Å²) in [4.78, 5) is 2.10. The van der Waals surface area contributed by atoms with Gasteiger partial charge in [-0.25, -0.2) is 0 Å². The molecule has 118 valence electrons. The first-order chi connectivity index (χ1) is 11.6. The molecular formula is C20H18BNO2. The van der Waals surface area contributed by atoms with Crippen LogP contribution in [0.1, 0.15) is 11.1 Å². The van der Waals surface area contributed by atoms with Crippen LogP contribution in [0.5, 0.6) is 0 Å². The molecule has 3 aromatic rings. The summed E-state index contributed by atoms with van der Waals surface area (Å²) in [6.45, 7) is 0. The Balaban J connectivity index is 2.01. The maximum Gasteiger partial charge on any atom is 0.488 e. The average Bonchev–Trinajstić information content (AvgIpc) is 2.59. The van der Waals surface area contributed by atoms with Gasteiger partial charge < -0.3 is 14.9 Å². The fourth-order valence-corrected chi connectivity index (χ4v) is 2.66. The Morgan fingerprint density at radius 3 is 2.08 bits per heavy atom. The highest BCUT2D eigenvalue weighted by molar-refractivity contribution is 6.58. The highest BCUT2D eigenvalue weighted by Gasteiger charge is 2.09. The lowest BCUT2D eigenvalue weighted by atomic mass is 9.80. The normalized spacial score (nSPS) is 10.2. The van der Waals surface area contributed by atoms with E-state index in [1.807, 2.05) is 32.3 Å². The molecule has 24 heavy (non-hydrogen) atoms. The first kappa shape index (κ1) is 16.1. The van der Waals surface area contributed by atoms with E-state index in [-0.39, 0.29) is 0 Å². The largest absolute Gasteiger partial charge is 0.488 e. The zero-order valence-electron chi connectivity index (χ0n) is 13.7. The van der Waals surface area contributed by atoms with E-state index < -0.39 is 7.12 Å². The van der Waals surface area contributed by atoms with Crippen molar-refractivity contribution in [3.8, 4) is 11.8 Å². The lowest BCUT2D eigenvalue weighted by Gasteiger charge is -2.16. The summed E-state index contributed by atoms with van der Waals surface area (Å²) in [6, 6.07) is 19.3. The molecule has 2 N–H and O–H groups in total. The van der Waals surface area contributed by atoms with E-state index in [2.05, 4.69) is 34.9 Å². The molecule has 0 aromatic heterocycles. The third-order valence-electron chi connectivity index (χ3n) is 3.93. The molecule has 3 aromatic carbocycles. The van der Waals surface area contributed by atoms with Crippen molar-refractivity contribution in [2.24, 2.45) is 0 Å². The first-order valence-corrected chi connectivity index (χ1v) is 7.73. The standard InChI is InChI=1S/C20H18BNO2/c1-22(2)20-14-11-16(18-5-3-4-6-19(18)20)10-7-15-8-12-17(13-9-15)21(23)24/h3-6,8-9,11-14,23-24H,1-2H3. The van der Waals surface area contributed by atoms with Crippen LogP contribution in [0.4, 0.5) is 5.69 Å². The summed E-state index contributed by atoms with van der Waals surface area (Å²) in [5.74, 6) is 6.37. The fraction of sp³-hybridized carbons (Fsp3) is 0.100. The molecule has 0 radical (unpaired) electrons. The van der Waals surface area contributed by atoms with Gasteiger partial charge in [0.05, 0.1) is 0 Å². The Kier molecular flexibility index (Phi) is 4.57. The molecule has 0 bridgehead atoms. The zero-order chi connectivity index (χ0) is 17.1. The van der Waals surface area contributed by atoms with Gasteiger partial charge in [0.15, 0.2) is 0 Å². The average molecular weight is 315 g/mol. The van der Waals surface area contributed by atoms with Crippen molar-refractivity contribution in [3.63, 3.8) is 0 Å². The Morgan fingerprint density at radius 2 is 1.46 bits per heavy atom. The van der Waals surface area contributed by atoms with E-state index in [0.717, 1.165) is 22.2 Å². The topological polar surface area (TPSA) is 43.7 Å². The molecule has 0 aliphatic heterocycles. The Bertz CT molecular complexity index is 922. The minimum Gasteiger partial charge on any atom is -0.423 e. The quantitative estimate of drug-likeness (QED) is 0.561. The predicted octanol–water partition coefficient (Wildman–Crippen LogP) is 1.99. The van der Waals surface area contributed by atoms with Crippen LogP contribution in [0.2, 0.25) is 0 Å². The monoisotopic (exact) mass is 315 g/mol. The van der Waals surface area contributed by atoms with Gasteiger partial charge in [0.1, 0.15) is 0 Å². The van der Waals surface area contributed by atoms with Gasteiger partial charge >= 0.3 is 7.12 Å². The van der Waals surface area contributed by atoms with Crippen molar-refractivity contribution in [3.05, 3.63) is 71.8 Å². The van der Waals surface area contributed by atoms with Crippen molar-refractivity contribution in [1.82, 2.24) is 0 Å². The molecule has 0 atom stereocenters. The van der Waals surface area contributed by atoms with Gasteiger partial charge in [-0.3, -0.25) is 0 Å². The van der Waals surface area contributed by atoms with Crippen LogP contribution < -0.4 is 10.4 Å². The molecule has 0 spiro atoms. The number of fused-ring (bicyclic) bond motifs is 1. The highest BCUT2D eigenvalue weighted by Crippen LogP contribution is 2.27. The first-order valence-electron chi connectivity index (χ1n) is 7.73. The molecule has 0 aliphatic rings. The molecule has 0 saturated heterocycles. The number of rotatable bonds is 2. The summed E-state index contributed by atoms with van der Waals surface area (Å²) < 4.78 is 0. The van der Waals surface area contributed by atoms with E-state index in [1.54, 1.807) is 24.3 Å². The Labute approximate surface area is 142 Å². The summed E-state index contributed by atoms with van der Waals surface area (Å²) >= 11 is 0. The third-order valence-corrected chi connectivity index (χ3v) is 3.93. The SMILES string of the molecule is CN(C)c1ccc(C#Cc2ccc(B(O)O)cc2)c2ccccc12. The Morgan fingerprint density at radius 1 is 0.792 bits per heavy atom. The lowest BCUT2D eigenvalue weighted by molar-refractivity contribution is 0.426. The Hall–Kier alpha value is -2.74. The minimum absolute atomic E-state index is 0.460. The summed E-state index contributed by atoms with van der Waals surface area (Å²) in [5, 5.41) is 20.6. The van der Waals surface area contributed by atoms with Gasteiger partial charge in [0, 0.05) is 36.3 Å². The van der Waals surface area contributed by atoms with Crippen LogP contribution in [0.15, 0.2) is 60.7 Å². The van der Waals surface area contributed by atoms with Crippen molar-refractivity contribution in [2.45, 2.75) is 0 Å². The molecule has 4 heteroatoms. The van der Waals surface area contributed by atoms with Gasteiger partial charge in [-0.1, -0.05) is 48.2 Å². The van der Waals surface area contributed by atoms with Crippen molar-refractivity contribution >= 4 is 29.0 Å². The van der Waals surface area contributed by atoms with E-state index in [1.165, 1.54) is 5.39 Å². The van der Waals surface area contributed by atoms with Gasteiger partial charge in [-0.05, 0) is 35.1 Å². The molecule has 0 aliphatic carbocycles. The van der Waals surface area contributed by atoms with Gasteiger partial charge in [0.2, 0.25) is 0 Å². The van der Waals surface area contributed by atoms with Gasteiger partial charge in [-0.2, -0.15) is 0 Å².